The Morgan fingerprint density at radius 1 is 1.29 bits per heavy atom. The Balaban J connectivity index is 1.58. The average Bonchev–Trinajstić information content (AvgIpc) is 2.72. The van der Waals surface area contributed by atoms with Gasteiger partial charge in [0.15, 0.2) is 0 Å². The molecule has 2 aliphatic rings. The van der Waals surface area contributed by atoms with E-state index < -0.39 is 11.7 Å². The van der Waals surface area contributed by atoms with Crippen molar-refractivity contribution in [2.45, 2.75) is 45.3 Å². The van der Waals surface area contributed by atoms with Crippen LogP contribution in [-0.4, -0.2) is 60.0 Å². The van der Waals surface area contributed by atoms with Gasteiger partial charge < -0.3 is 25.4 Å². The molecular weight excluding hydrogens is 416 g/mol. The molecule has 1 aromatic carbocycles. The summed E-state index contributed by atoms with van der Waals surface area (Å²) in [6.45, 7) is 6.75. The smallest absolute Gasteiger partial charge is 0.408 e. The van der Waals surface area contributed by atoms with Crippen molar-refractivity contribution in [2.75, 3.05) is 30.3 Å². The summed E-state index contributed by atoms with van der Waals surface area (Å²) in [5.41, 5.74) is 2.23. The molecule has 2 heterocycles. The number of amides is 2. The normalized spacial score (nSPS) is 17.5. The van der Waals surface area contributed by atoms with E-state index in [1.165, 1.54) is 0 Å². The van der Waals surface area contributed by atoms with Gasteiger partial charge in [-0.3, -0.25) is 4.79 Å². The van der Waals surface area contributed by atoms with Gasteiger partial charge in [0, 0.05) is 24.3 Å². The molecule has 31 heavy (non-hydrogen) atoms. The molecule has 2 amide bonds. The monoisotopic (exact) mass is 446 g/mol. The molecule has 0 saturated carbocycles. The standard InChI is InChI=1S/C22H30N4O4S/c1-22(2,3)30-21(29)23-12-20(28)25-19-14-31-13-18(24-19)15-5-4-6-16(11-15)26-9-7-17(27)8-10-26/h4-6,11,13,17,27H,7-10,12,14H2,1-3H3,(H,23,29)(H,24,25,28). The summed E-state index contributed by atoms with van der Waals surface area (Å²) < 4.78 is 5.13. The van der Waals surface area contributed by atoms with Crippen LogP contribution in [0.5, 0.6) is 0 Å². The van der Waals surface area contributed by atoms with Crippen molar-refractivity contribution in [1.82, 2.24) is 10.6 Å². The third kappa shape index (κ3) is 7.29. The number of hydrogen-bond acceptors (Lipinski definition) is 7. The number of aliphatic hydroxyl groups is 1. The summed E-state index contributed by atoms with van der Waals surface area (Å²) in [6.07, 6.45) is 0.700. The van der Waals surface area contributed by atoms with Gasteiger partial charge in [-0.25, -0.2) is 9.79 Å². The lowest BCUT2D eigenvalue weighted by molar-refractivity contribution is -0.118. The molecule has 1 aromatic rings. The number of nitrogens with one attached hydrogen (secondary N) is 2. The number of aliphatic hydroxyl groups excluding tert-OH is 1. The van der Waals surface area contributed by atoms with Gasteiger partial charge in [0.25, 0.3) is 0 Å². The summed E-state index contributed by atoms with van der Waals surface area (Å²) in [5, 5.41) is 16.9. The summed E-state index contributed by atoms with van der Waals surface area (Å²) in [4.78, 5) is 30.8. The molecule has 3 rings (SSSR count). The average molecular weight is 447 g/mol. The van der Waals surface area contributed by atoms with Crippen LogP contribution in [0.3, 0.4) is 0 Å². The minimum Gasteiger partial charge on any atom is -0.444 e. The zero-order chi connectivity index (χ0) is 22.4. The van der Waals surface area contributed by atoms with E-state index in [0.717, 1.165) is 42.9 Å². The molecule has 0 bridgehead atoms. The molecule has 0 radical (unpaired) electrons. The van der Waals surface area contributed by atoms with E-state index in [0.29, 0.717) is 11.6 Å². The van der Waals surface area contributed by atoms with Gasteiger partial charge in [0.2, 0.25) is 5.91 Å². The minimum absolute atomic E-state index is 0.187. The molecule has 1 saturated heterocycles. The first-order valence-electron chi connectivity index (χ1n) is 10.4. The van der Waals surface area contributed by atoms with Crippen molar-refractivity contribution in [3.05, 3.63) is 35.2 Å². The molecule has 9 heteroatoms. The number of amidine groups is 1. The highest BCUT2D eigenvalue weighted by atomic mass is 32.2. The van der Waals surface area contributed by atoms with E-state index in [1.54, 1.807) is 32.5 Å². The van der Waals surface area contributed by atoms with E-state index >= 15 is 0 Å². The fraction of sp³-hybridized carbons (Fsp3) is 0.500. The molecule has 2 aliphatic heterocycles. The largest absolute Gasteiger partial charge is 0.444 e. The van der Waals surface area contributed by atoms with Crippen LogP contribution >= 0.6 is 11.8 Å². The third-order valence-electron chi connectivity index (χ3n) is 4.72. The van der Waals surface area contributed by atoms with Gasteiger partial charge in [-0.05, 0) is 51.2 Å². The number of carbonyl (C=O) groups is 2. The van der Waals surface area contributed by atoms with Crippen molar-refractivity contribution in [1.29, 1.82) is 0 Å². The summed E-state index contributed by atoms with van der Waals surface area (Å²) in [6, 6.07) is 8.14. The molecule has 0 atom stereocenters. The zero-order valence-corrected chi connectivity index (χ0v) is 19.0. The van der Waals surface area contributed by atoms with E-state index in [-0.39, 0.29) is 18.6 Å². The van der Waals surface area contributed by atoms with Crippen molar-refractivity contribution >= 4 is 41.0 Å². The maximum atomic E-state index is 12.2. The first-order chi connectivity index (χ1) is 14.7. The molecule has 168 valence electrons. The topological polar surface area (TPSA) is 103 Å². The molecule has 0 aliphatic carbocycles. The first-order valence-corrected chi connectivity index (χ1v) is 11.4. The summed E-state index contributed by atoms with van der Waals surface area (Å²) >= 11 is 1.56. The Morgan fingerprint density at radius 2 is 2.03 bits per heavy atom. The highest BCUT2D eigenvalue weighted by Crippen LogP contribution is 2.28. The molecule has 0 spiro atoms. The summed E-state index contributed by atoms with van der Waals surface area (Å²) in [5.74, 6) is 0.739. The van der Waals surface area contributed by atoms with Gasteiger partial charge in [-0.15, -0.1) is 11.8 Å². The molecular formula is C22H30N4O4S. The number of aliphatic imine (C=N–C) groups is 1. The van der Waals surface area contributed by atoms with Crippen molar-refractivity contribution in [2.24, 2.45) is 4.99 Å². The predicted molar refractivity (Wildman–Crippen MR) is 124 cm³/mol. The Labute approximate surface area is 187 Å². The van der Waals surface area contributed by atoms with Crippen LogP contribution in [-0.2, 0) is 9.53 Å². The minimum atomic E-state index is -0.634. The predicted octanol–water partition coefficient (Wildman–Crippen LogP) is 2.73. The zero-order valence-electron chi connectivity index (χ0n) is 18.2. The second-order valence-corrected chi connectivity index (χ2v) is 9.40. The van der Waals surface area contributed by atoms with E-state index in [9.17, 15) is 14.7 Å². The number of anilines is 1. The Bertz CT molecular complexity index is 871. The first kappa shape index (κ1) is 23.1. The number of nitrogens with zero attached hydrogens (tertiary/aromatic N) is 2. The van der Waals surface area contributed by atoms with Crippen LogP contribution in [0.1, 0.15) is 39.2 Å². The number of rotatable bonds is 4. The Hall–Kier alpha value is -2.52. The van der Waals surface area contributed by atoms with E-state index in [1.807, 2.05) is 17.5 Å². The number of carbonyl (C=O) groups excluding carboxylic acids is 2. The van der Waals surface area contributed by atoms with E-state index in [4.69, 9.17) is 4.74 Å². The number of benzene rings is 1. The van der Waals surface area contributed by atoms with Crippen LogP contribution in [0, 0.1) is 0 Å². The van der Waals surface area contributed by atoms with Crippen LogP contribution in [0.15, 0.2) is 34.7 Å². The quantitative estimate of drug-likeness (QED) is 0.657. The highest BCUT2D eigenvalue weighted by Gasteiger charge is 2.19. The number of thioether (sulfide) groups is 1. The lowest BCUT2D eigenvalue weighted by atomic mass is 10.1. The lowest BCUT2D eigenvalue weighted by Crippen LogP contribution is -2.42. The molecule has 3 N–H and O–H groups in total. The van der Waals surface area contributed by atoms with Gasteiger partial charge in [-0.2, -0.15) is 0 Å². The van der Waals surface area contributed by atoms with Crippen molar-refractivity contribution in [3.8, 4) is 0 Å². The number of ether oxygens (including phenoxy) is 1. The molecule has 0 aromatic heterocycles. The SMILES string of the molecule is CC(C)(C)OC(=O)NCC(=O)NC1=NC(c2cccc(N3CCC(O)CC3)c2)=CSC1. The van der Waals surface area contributed by atoms with Crippen molar-refractivity contribution in [3.63, 3.8) is 0 Å². The maximum absolute atomic E-state index is 12.2. The number of alkyl carbamates (subject to hydrolysis) is 1. The van der Waals surface area contributed by atoms with Crippen LogP contribution in [0.25, 0.3) is 5.70 Å². The maximum Gasteiger partial charge on any atom is 0.408 e. The second kappa shape index (κ2) is 10.2. The number of hydrogen-bond donors (Lipinski definition) is 3. The fourth-order valence-corrected chi connectivity index (χ4v) is 3.98. The molecule has 1 fully saturated rings. The van der Waals surface area contributed by atoms with Gasteiger partial charge in [-0.1, -0.05) is 12.1 Å². The van der Waals surface area contributed by atoms with Crippen molar-refractivity contribution < 1.29 is 19.4 Å². The number of piperidine rings is 1. The molecule has 0 unspecified atom stereocenters. The van der Waals surface area contributed by atoms with Gasteiger partial charge in [0.05, 0.1) is 17.6 Å². The van der Waals surface area contributed by atoms with Crippen LogP contribution in [0.4, 0.5) is 10.5 Å². The molecule has 8 nitrogen and oxygen atoms in total. The van der Waals surface area contributed by atoms with Gasteiger partial charge in [0.1, 0.15) is 18.0 Å². The fourth-order valence-electron chi connectivity index (χ4n) is 3.26. The lowest BCUT2D eigenvalue weighted by Gasteiger charge is -2.31. The van der Waals surface area contributed by atoms with E-state index in [2.05, 4.69) is 32.7 Å². The van der Waals surface area contributed by atoms with Crippen LogP contribution in [0.2, 0.25) is 0 Å². The Morgan fingerprint density at radius 3 is 2.74 bits per heavy atom. The Kier molecular flexibility index (Phi) is 7.61. The third-order valence-corrected chi connectivity index (χ3v) is 5.55. The van der Waals surface area contributed by atoms with Crippen LogP contribution < -0.4 is 15.5 Å². The second-order valence-electron chi connectivity index (χ2n) is 8.54. The highest BCUT2D eigenvalue weighted by molar-refractivity contribution is 8.03. The summed E-state index contributed by atoms with van der Waals surface area (Å²) in [7, 11) is 0. The van der Waals surface area contributed by atoms with Gasteiger partial charge >= 0.3 is 6.09 Å².